The predicted octanol–water partition coefficient (Wildman–Crippen LogP) is 6.46. The summed E-state index contributed by atoms with van der Waals surface area (Å²) in [5.74, 6) is 2.08. The molecule has 1 aromatic rings. The lowest BCUT2D eigenvalue weighted by Crippen LogP contribution is -2.30. The van der Waals surface area contributed by atoms with Crippen molar-refractivity contribution in [1.82, 2.24) is 0 Å². The average molecular weight is 306 g/mol. The molecular formula is C20H28F2. The molecule has 0 bridgehead atoms. The minimum absolute atomic E-state index is 0.360. The summed E-state index contributed by atoms with van der Waals surface area (Å²) in [7, 11) is 0. The zero-order valence-electron chi connectivity index (χ0n) is 13.7. The van der Waals surface area contributed by atoms with Crippen LogP contribution < -0.4 is 0 Å². The number of rotatable bonds is 4. The molecule has 1 aromatic carbocycles. The van der Waals surface area contributed by atoms with E-state index in [1.54, 1.807) is 12.1 Å². The molecule has 4 atom stereocenters. The standard InChI is InChI=1S/C20H28F2/c1-2-3-4-14-5-6-16-10-17(8-7-15(16)9-14)18-11-19(21)13-20(22)12-18/h11-17H,2-10H2,1H3/t14?,15-,16-,17-/m1/s1. The highest BCUT2D eigenvalue weighted by molar-refractivity contribution is 5.22. The molecule has 2 heteroatoms. The number of unbranched alkanes of at least 4 members (excludes halogenated alkanes) is 1. The Morgan fingerprint density at radius 3 is 2.32 bits per heavy atom. The topological polar surface area (TPSA) is 0 Å². The van der Waals surface area contributed by atoms with E-state index in [0.29, 0.717) is 5.92 Å². The van der Waals surface area contributed by atoms with E-state index >= 15 is 0 Å². The van der Waals surface area contributed by atoms with Gasteiger partial charge in [-0.25, -0.2) is 8.78 Å². The zero-order chi connectivity index (χ0) is 15.5. The highest BCUT2D eigenvalue weighted by Gasteiger charge is 2.35. The van der Waals surface area contributed by atoms with E-state index < -0.39 is 11.6 Å². The second-order valence-electron chi connectivity index (χ2n) is 7.55. The van der Waals surface area contributed by atoms with Gasteiger partial charge >= 0.3 is 0 Å². The van der Waals surface area contributed by atoms with Crippen LogP contribution in [0.1, 0.15) is 76.2 Å². The van der Waals surface area contributed by atoms with Crippen LogP contribution in [0.3, 0.4) is 0 Å². The Morgan fingerprint density at radius 1 is 0.909 bits per heavy atom. The Kier molecular flexibility index (Phi) is 5.15. The zero-order valence-corrected chi connectivity index (χ0v) is 13.7. The summed E-state index contributed by atoms with van der Waals surface area (Å²) in [5.41, 5.74) is 0.879. The van der Waals surface area contributed by atoms with Crippen molar-refractivity contribution in [1.29, 1.82) is 0 Å². The number of hydrogen-bond donors (Lipinski definition) is 0. The van der Waals surface area contributed by atoms with Crippen molar-refractivity contribution in [3.05, 3.63) is 35.4 Å². The van der Waals surface area contributed by atoms with E-state index in [4.69, 9.17) is 0 Å². The monoisotopic (exact) mass is 306 g/mol. The van der Waals surface area contributed by atoms with Crippen LogP contribution in [-0.2, 0) is 0 Å². The Labute approximate surface area is 133 Å². The Hall–Kier alpha value is -0.920. The van der Waals surface area contributed by atoms with Crippen molar-refractivity contribution < 1.29 is 8.78 Å². The second kappa shape index (κ2) is 7.10. The molecule has 2 saturated carbocycles. The summed E-state index contributed by atoms with van der Waals surface area (Å²) in [5, 5.41) is 0. The molecule has 2 aliphatic carbocycles. The van der Waals surface area contributed by atoms with Crippen molar-refractivity contribution in [3.8, 4) is 0 Å². The molecule has 1 unspecified atom stereocenters. The Morgan fingerprint density at radius 2 is 1.59 bits per heavy atom. The normalized spacial score (nSPS) is 31.8. The summed E-state index contributed by atoms with van der Waals surface area (Å²) in [6.45, 7) is 2.27. The average Bonchev–Trinajstić information content (AvgIpc) is 2.51. The van der Waals surface area contributed by atoms with Crippen molar-refractivity contribution in [2.45, 2.75) is 70.6 Å². The third kappa shape index (κ3) is 3.70. The second-order valence-corrected chi connectivity index (χ2v) is 7.55. The lowest BCUT2D eigenvalue weighted by atomic mass is 9.63. The predicted molar refractivity (Wildman–Crippen MR) is 86.8 cm³/mol. The molecule has 0 spiro atoms. The highest BCUT2D eigenvalue weighted by Crippen LogP contribution is 2.48. The molecule has 0 aromatic heterocycles. The first kappa shape index (κ1) is 16.0. The lowest BCUT2D eigenvalue weighted by molar-refractivity contribution is 0.113. The molecule has 0 saturated heterocycles. The molecule has 0 radical (unpaired) electrons. The van der Waals surface area contributed by atoms with E-state index in [9.17, 15) is 8.78 Å². The molecule has 3 rings (SSSR count). The first-order valence-electron chi connectivity index (χ1n) is 9.11. The van der Waals surface area contributed by atoms with Crippen LogP contribution in [0.25, 0.3) is 0 Å². The summed E-state index contributed by atoms with van der Waals surface area (Å²) in [6, 6.07) is 4.07. The molecule has 0 amide bonds. The van der Waals surface area contributed by atoms with Gasteiger partial charge in [0.2, 0.25) is 0 Å². The summed E-state index contributed by atoms with van der Waals surface area (Å²) >= 11 is 0. The van der Waals surface area contributed by atoms with E-state index in [-0.39, 0.29) is 0 Å². The molecule has 2 aliphatic rings. The molecule has 0 nitrogen and oxygen atoms in total. The van der Waals surface area contributed by atoms with Gasteiger partial charge in [-0.2, -0.15) is 0 Å². The SMILES string of the molecule is CCCCC1CC[C@@H]2C[C@H](c3cc(F)cc(F)c3)CC[C@@H]2C1. The number of halogens is 2. The third-order valence-electron chi connectivity index (χ3n) is 6.04. The van der Waals surface area contributed by atoms with Gasteiger partial charge in [-0.1, -0.05) is 32.6 Å². The maximum atomic E-state index is 13.4. The fourth-order valence-electron chi connectivity index (χ4n) is 4.85. The van der Waals surface area contributed by atoms with Gasteiger partial charge in [-0.05, 0) is 73.5 Å². The van der Waals surface area contributed by atoms with Gasteiger partial charge in [-0.15, -0.1) is 0 Å². The van der Waals surface area contributed by atoms with Gasteiger partial charge in [0.25, 0.3) is 0 Å². The fourth-order valence-corrected chi connectivity index (χ4v) is 4.85. The quantitative estimate of drug-likeness (QED) is 0.599. The van der Waals surface area contributed by atoms with Gasteiger partial charge in [0.1, 0.15) is 11.6 Å². The Balaban J connectivity index is 1.61. The maximum absolute atomic E-state index is 13.4. The van der Waals surface area contributed by atoms with E-state index in [1.807, 2.05) is 0 Å². The largest absolute Gasteiger partial charge is 0.207 e. The first-order chi connectivity index (χ1) is 10.7. The minimum Gasteiger partial charge on any atom is -0.207 e. The number of benzene rings is 1. The Bertz CT molecular complexity index is 476. The summed E-state index contributed by atoms with van der Waals surface area (Å²) in [4.78, 5) is 0. The smallest absolute Gasteiger partial charge is 0.126 e. The molecule has 22 heavy (non-hydrogen) atoms. The molecule has 2 fully saturated rings. The third-order valence-corrected chi connectivity index (χ3v) is 6.04. The van der Waals surface area contributed by atoms with Crippen molar-refractivity contribution in [2.24, 2.45) is 17.8 Å². The van der Waals surface area contributed by atoms with Crippen molar-refractivity contribution in [2.75, 3.05) is 0 Å². The van der Waals surface area contributed by atoms with Gasteiger partial charge in [0, 0.05) is 6.07 Å². The van der Waals surface area contributed by atoms with Crippen LogP contribution in [0.4, 0.5) is 8.78 Å². The lowest BCUT2D eigenvalue weighted by Gasteiger charge is -2.42. The van der Waals surface area contributed by atoms with E-state index in [2.05, 4.69) is 6.92 Å². The van der Waals surface area contributed by atoms with E-state index in [0.717, 1.165) is 42.2 Å². The van der Waals surface area contributed by atoms with Crippen LogP contribution in [0, 0.1) is 29.4 Å². The van der Waals surface area contributed by atoms with E-state index in [1.165, 1.54) is 44.9 Å². The summed E-state index contributed by atoms with van der Waals surface area (Å²) < 4.78 is 26.9. The van der Waals surface area contributed by atoms with Crippen LogP contribution in [0.5, 0.6) is 0 Å². The van der Waals surface area contributed by atoms with Gasteiger partial charge in [0.15, 0.2) is 0 Å². The highest BCUT2D eigenvalue weighted by atomic mass is 19.1. The summed E-state index contributed by atoms with van der Waals surface area (Å²) in [6.07, 6.45) is 11.6. The molecule has 122 valence electrons. The minimum atomic E-state index is -0.430. The number of hydrogen-bond acceptors (Lipinski definition) is 0. The van der Waals surface area contributed by atoms with Crippen LogP contribution in [-0.4, -0.2) is 0 Å². The van der Waals surface area contributed by atoms with Crippen LogP contribution in [0.2, 0.25) is 0 Å². The molecular weight excluding hydrogens is 278 g/mol. The fraction of sp³-hybridized carbons (Fsp3) is 0.700. The maximum Gasteiger partial charge on any atom is 0.126 e. The first-order valence-corrected chi connectivity index (χ1v) is 9.11. The molecule has 0 N–H and O–H groups in total. The van der Waals surface area contributed by atoms with Crippen molar-refractivity contribution in [3.63, 3.8) is 0 Å². The van der Waals surface area contributed by atoms with Crippen molar-refractivity contribution >= 4 is 0 Å². The van der Waals surface area contributed by atoms with Gasteiger partial charge < -0.3 is 0 Å². The van der Waals surface area contributed by atoms with Crippen LogP contribution in [0.15, 0.2) is 18.2 Å². The molecule has 0 aliphatic heterocycles. The van der Waals surface area contributed by atoms with Gasteiger partial charge in [0.05, 0.1) is 0 Å². The molecule has 0 heterocycles. The number of fused-ring (bicyclic) bond motifs is 1. The van der Waals surface area contributed by atoms with Gasteiger partial charge in [-0.3, -0.25) is 0 Å². The van der Waals surface area contributed by atoms with Crippen LogP contribution >= 0.6 is 0 Å².